The third-order valence-corrected chi connectivity index (χ3v) is 3.06. The summed E-state index contributed by atoms with van der Waals surface area (Å²) in [6.07, 6.45) is 0. The van der Waals surface area contributed by atoms with Crippen molar-refractivity contribution in [2.45, 2.75) is 26.4 Å². The fourth-order valence-electron chi connectivity index (χ4n) is 1.84. The average Bonchev–Trinajstić information content (AvgIpc) is 2.34. The zero-order valence-corrected chi connectivity index (χ0v) is 13.0. The van der Waals surface area contributed by atoms with Crippen LogP contribution in [-0.4, -0.2) is 30.9 Å². The van der Waals surface area contributed by atoms with Crippen LogP contribution >= 0.6 is 11.6 Å². The maximum atomic E-state index is 11.1. The van der Waals surface area contributed by atoms with E-state index in [0.717, 1.165) is 5.56 Å². The highest BCUT2D eigenvalue weighted by molar-refractivity contribution is 6.33. The molecule has 6 nitrogen and oxygen atoms in total. The molecule has 0 aliphatic rings. The first-order chi connectivity index (χ1) is 9.79. The van der Waals surface area contributed by atoms with E-state index in [9.17, 15) is 9.59 Å². The number of primary amides is 2. The first-order valence-corrected chi connectivity index (χ1v) is 7.00. The second-order valence-corrected chi connectivity index (χ2v) is 5.52. The summed E-state index contributed by atoms with van der Waals surface area (Å²) in [6, 6.07) is 5.79. The third kappa shape index (κ3) is 6.01. The Morgan fingerprint density at radius 2 is 1.81 bits per heavy atom. The van der Waals surface area contributed by atoms with Crippen molar-refractivity contribution in [3.05, 3.63) is 28.8 Å². The summed E-state index contributed by atoms with van der Waals surface area (Å²) in [5.41, 5.74) is 11.9. The van der Waals surface area contributed by atoms with Gasteiger partial charge in [0.25, 0.3) is 0 Å². The Morgan fingerprint density at radius 3 is 2.24 bits per heavy atom. The monoisotopic (exact) mass is 312 g/mol. The van der Waals surface area contributed by atoms with Crippen LogP contribution in [0.5, 0.6) is 0 Å². The van der Waals surface area contributed by atoms with E-state index in [-0.39, 0.29) is 13.1 Å². The molecule has 2 amide bonds. The molecule has 0 atom stereocenters. The van der Waals surface area contributed by atoms with Crippen molar-refractivity contribution in [3.63, 3.8) is 0 Å². The van der Waals surface area contributed by atoms with Crippen LogP contribution in [0, 0.1) is 0 Å². The molecule has 5 N–H and O–H groups in total. The van der Waals surface area contributed by atoms with Gasteiger partial charge in [-0.05, 0) is 17.7 Å². The van der Waals surface area contributed by atoms with Crippen LogP contribution in [-0.2, 0) is 16.1 Å². The van der Waals surface area contributed by atoms with E-state index >= 15 is 0 Å². The second kappa shape index (κ2) is 7.85. The summed E-state index contributed by atoms with van der Waals surface area (Å²) in [5, 5.41) is 3.73. The number of anilines is 1. The number of hydrogen-bond acceptors (Lipinski definition) is 4. The van der Waals surface area contributed by atoms with Crippen molar-refractivity contribution in [1.29, 1.82) is 0 Å². The molecule has 116 valence electrons. The first-order valence-electron chi connectivity index (χ1n) is 6.63. The van der Waals surface area contributed by atoms with Gasteiger partial charge in [0.05, 0.1) is 23.8 Å². The molecule has 0 radical (unpaired) electrons. The Bertz CT molecular complexity index is 504. The molecule has 0 heterocycles. The molecule has 0 fully saturated rings. The molecule has 0 aliphatic carbocycles. The predicted octanol–water partition coefficient (Wildman–Crippen LogP) is 0.615. The van der Waals surface area contributed by atoms with Gasteiger partial charge in [0.2, 0.25) is 11.8 Å². The number of amides is 2. The lowest BCUT2D eigenvalue weighted by Crippen LogP contribution is -2.39. The quantitative estimate of drug-likeness (QED) is 0.654. The fraction of sp³-hybridized carbons (Fsp3) is 0.429. The molecular formula is C14H21ClN4O2. The minimum atomic E-state index is -0.558. The standard InChI is InChI=1S/C14H21ClN4O2/c1-9(2)18-6-10-3-4-12(11(15)5-10)19(7-13(16)20)8-14(17)21/h3-5,9,18H,6-8H2,1-2H3,(H2,16,20)(H2,17,21). The smallest absolute Gasteiger partial charge is 0.236 e. The van der Waals surface area contributed by atoms with Crippen molar-refractivity contribution < 1.29 is 9.59 Å². The Kier molecular flexibility index (Phi) is 6.45. The van der Waals surface area contributed by atoms with E-state index in [1.165, 1.54) is 4.90 Å². The summed E-state index contributed by atoms with van der Waals surface area (Å²) in [5.74, 6) is -1.12. The minimum absolute atomic E-state index is 0.119. The van der Waals surface area contributed by atoms with Crippen molar-refractivity contribution in [2.24, 2.45) is 11.5 Å². The summed E-state index contributed by atoms with van der Waals surface area (Å²) in [7, 11) is 0. The first kappa shape index (κ1) is 17.3. The van der Waals surface area contributed by atoms with Crippen molar-refractivity contribution in [3.8, 4) is 0 Å². The topological polar surface area (TPSA) is 101 Å². The van der Waals surface area contributed by atoms with Crippen LogP contribution in [0.3, 0.4) is 0 Å². The molecule has 0 bridgehead atoms. The van der Waals surface area contributed by atoms with Gasteiger partial charge < -0.3 is 21.7 Å². The van der Waals surface area contributed by atoms with E-state index in [0.29, 0.717) is 23.3 Å². The predicted molar refractivity (Wildman–Crippen MR) is 84.0 cm³/mol. The number of rotatable bonds is 8. The van der Waals surface area contributed by atoms with Gasteiger partial charge in [-0.2, -0.15) is 0 Å². The number of nitrogens with two attached hydrogens (primary N) is 2. The molecule has 0 unspecified atom stereocenters. The summed E-state index contributed by atoms with van der Waals surface area (Å²) >= 11 is 6.23. The van der Waals surface area contributed by atoms with Gasteiger partial charge >= 0.3 is 0 Å². The fourth-order valence-corrected chi connectivity index (χ4v) is 2.16. The largest absolute Gasteiger partial charge is 0.368 e. The van der Waals surface area contributed by atoms with E-state index in [2.05, 4.69) is 19.2 Å². The van der Waals surface area contributed by atoms with E-state index in [1.807, 2.05) is 6.07 Å². The normalized spacial score (nSPS) is 10.7. The Hall–Kier alpha value is -1.79. The maximum Gasteiger partial charge on any atom is 0.236 e. The SMILES string of the molecule is CC(C)NCc1ccc(N(CC(N)=O)CC(N)=O)c(Cl)c1. The van der Waals surface area contributed by atoms with Gasteiger partial charge in [-0.1, -0.05) is 31.5 Å². The van der Waals surface area contributed by atoms with Crippen LogP contribution in [0.2, 0.25) is 5.02 Å². The van der Waals surface area contributed by atoms with Gasteiger partial charge in [0, 0.05) is 12.6 Å². The van der Waals surface area contributed by atoms with Crippen molar-refractivity contribution in [1.82, 2.24) is 5.32 Å². The highest BCUT2D eigenvalue weighted by Crippen LogP contribution is 2.26. The average molecular weight is 313 g/mol. The Balaban J connectivity index is 2.93. The van der Waals surface area contributed by atoms with E-state index < -0.39 is 11.8 Å². The number of hydrogen-bond donors (Lipinski definition) is 3. The number of carbonyl (C=O) groups excluding carboxylic acids is 2. The van der Waals surface area contributed by atoms with E-state index in [4.69, 9.17) is 23.1 Å². The highest BCUT2D eigenvalue weighted by atomic mass is 35.5. The van der Waals surface area contributed by atoms with Gasteiger partial charge in [-0.3, -0.25) is 9.59 Å². The van der Waals surface area contributed by atoms with Gasteiger partial charge in [0.1, 0.15) is 0 Å². The van der Waals surface area contributed by atoms with Gasteiger partial charge in [-0.25, -0.2) is 0 Å². The van der Waals surface area contributed by atoms with Crippen LogP contribution < -0.4 is 21.7 Å². The van der Waals surface area contributed by atoms with Gasteiger partial charge in [-0.15, -0.1) is 0 Å². The minimum Gasteiger partial charge on any atom is -0.368 e. The molecule has 0 saturated heterocycles. The van der Waals surface area contributed by atoms with Crippen LogP contribution in [0.1, 0.15) is 19.4 Å². The highest BCUT2D eigenvalue weighted by Gasteiger charge is 2.15. The lowest BCUT2D eigenvalue weighted by Gasteiger charge is -2.23. The van der Waals surface area contributed by atoms with Crippen molar-refractivity contribution in [2.75, 3.05) is 18.0 Å². The number of benzene rings is 1. The number of nitrogens with one attached hydrogen (secondary N) is 1. The number of halogens is 1. The number of nitrogens with zero attached hydrogens (tertiary/aromatic N) is 1. The summed E-state index contributed by atoms with van der Waals surface area (Å²) < 4.78 is 0. The Morgan fingerprint density at radius 1 is 1.24 bits per heavy atom. The molecule has 1 aromatic rings. The zero-order valence-electron chi connectivity index (χ0n) is 12.2. The lowest BCUT2D eigenvalue weighted by molar-refractivity contribution is -0.117. The summed E-state index contributed by atoms with van der Waals surface area (Å²) in [6.45, 7) is 4.55. The van der Waals surface area contributed by atoms with E-state index in [1.54, 1.807) is 12.1 Å². The molecule has 21 heavy (non-hydrogen) atoms. The van der Waals surface area contributed by atoms with Crippen LogP contribution in [0.15, 0.2) is 18.2 Å². The maximum absolute atomic E-state index is 11.1. The second-order valence-electron chi connectivity index (χ2n) is 5.11. The molecule has 7 heteroatoms. The van der Waals surface area contributed by atoms with Crippen LogP contribution in [0.25, 0.3) is 0 Å². The molecule has 1 rings (SSSR count). The number of carbonyl (C=O) groups is 2. The molecular weight excluding hydrogens is 292 g/mol. The molecule has 0 aromatic heterocycles. The molecule has 0 saturated carbocycles. The lowest BCUT2D eigenvalue weighted by atomic mass is 10.1. The molecule has 0 spiro atoms. The van der Waals surface area contributed by atoms with Gasteiger partial charge in [0.15, 0.2) is 0 Å². The van der Waals surface area contributed by atoms with Crippen LogP contribution in [0.4, 0.5) is 5.69 Å². The zero-order chi connectivity index (χ0) is 16.0. The molecule has 0 aliphatic heterocycles. The Labute approximate surface area is 129 Å². The van der Waals surface area contributed by atoms with Crippen molar-refractivity contribution >= 4 is 29.1 Å². The molecule has 1 aromatic carbocycles. The summed E-state index contributed by atoms with van der Waals surface area (Å²) in [4.78, 5) is 23.7. The third-order valence-electron chi connectivity index (χ3n) is 2.76.